The van der Waals surface area contributed by atoms with E-state index in [4.69, 9.17) is 9.47 Å². The van der Waals surface area contributed by atoms with Crippen LogP contribution in [0.5, 0.6) is 0 Å². The molecule has 0 aromatic heterocycles. The zero-order chi connectivity index (χ0) is 13.2. The smallest absolute Gasteiger partial charge is 0.123 e. The highest BCUT2D eigenvalue weighted by molar-refractivity contribution is 5.16. The lowest BCUT2D eigenvalue weighted by Crippen LogP contribution is -2.42. The van der Waals surface area contributed by atoms with Crippen LogP contribution in [-0.4, -0.2) is 43.4 Å². The van der Waals surface area contributed by atoms with Crippen molar-refractivity contribution >= 4 is 0 Å². The lowest BCUT2D eigenvalue weighted by molar-refractivity contribution is -0.0326. The van der Waals surface area contributed by atoms with Gasteiger partial charge in [0, 0.05) is 26.2 Å². The molecule has 19 heavy (non-hydrogen) atoms. The quantitative estimate of drug-likeness (QED) is 0.836. The van der Waals surface area contributed by atoms with E-state index < -0.39 is 0 Å². The van der Waals surface area contributed by atoms with Crippen molar-refractivity contribution in [1.82, 2.24) is 4.90 Å². The maximum Gasteiger partial charge on any atom is 0.123 e. The van der Waals surface area contributed by atoms with Crippen LogP contribution >= 0.6 is 0 Å². The summed E-state index contributed by atoms with van der Waals surface area (Å²) in [5, 5.41) is 0. The maximum absolute atomic E-state index is 13.3. The second kappa shape index (κ2) is 5.57. The topological polar surface area (TPSA) is 21.7 Å². The van der Waals surface area contributed by atoms with Crippen LogP contribution in [0, 0.1) is 5.82 Å². The van der Waals surface area contributed by atoms with Crippen LogP contribution in [0.1, 0.15) is 18.4 Å². The molecule has 1 saturated carbocycles. The van der Waals surface area contributed by atoms with Crippen LogP contribution in [0.2, 0.25) is 0 Å². The van der Waals surface area contributed by atoms with Gasteiger partial charge in [-0.05, 0) is 30.5 Å². The van der Waals surface area contributed by atoms with Gasteiger partial charge in [-0.2, -0.15) is 0 Å². The lowest BCUT2D eigenvalue weighted by Gasteiger charge is -2.30. The standard InChI is InChI=1S/C15H20FNO2/c1-18-15-13-5-6-14(15)19-8-7-17(13)10-11-3-2-4-12(16)9-11/h2-4,9,13-15H,5-8,10H2,1H3/t13-,14-,15+/m1/s1. The molecule has 3 rings (SSSR count). The van der Waals surface area contributed by atoms with Crippen molar-refractivity contribution in [3.8, 4) is 0 Å². The molecule has 104 valence electrons. The first-order chi connectivity index (χ1) is 9.28. The molecular formula is C15H20FNO2. The van der Waals surface area contributed by atoms with Crippen LogP contribution in [0.4, 0.5) is 4.39 Å². The molecule has 1 aromatic rings. The Kier molecular flexibility index (Phi) is 3.82. The predicted octanol–water partition coefficient (Wildman–Crippen LogP) is 2.20. The summed E-state index contributed by atoms with van der Waals surface area (Å²) < 4.78 is 24.7. The number of fused-ring (bicyclic) bond motifs is 2. The molecule has 2 fully saturated rings. The largest absolute Gasteiger partial charge is 0.377 e. The Labute approximate surface area is 113 Å². The molecule has 1 heterocycles. The number of nitrogens with zero attached hydrogens (tertiary/aromatic N) is 1. The van der Waals surface area contributed by atoms with Crippen LogP contribution in [0.15, 0.2) is 24.3 Å². The van der Waals surface area contributed by atoms with Crippen LogP contribution in [0.3, 0.4) is 0 Å². The third kappa shape index (κ3) is 2.66. The molecule has 2 aliphatic rings. The summed E-state index contributed by atoms with van der Waals surface area (Å²) in [7, 11) is 1.75. The maximum atomic E-state index is 13.3. The minimum atomic E-state index is -0.170. The zero-order valence-corrected chi connectivity index (χ0v) is 11.2. The van der Waals surface area contributed by atoms with E-state index in [1.807, 2.05) is 6.07 Å². The highest BCUT2D eigenvalue weighted by Gasteiger charge is 2.42. The number of halogens is 1. The molecule has 0 N–H and O–H groups in total. The molecule has 0 radical (unpaired) electrons. The molecular weight excluding hydrogens is 245 g/mol. The van der Waals surface area contributed by atoms with Crippen LogP contribution < -0.4 is 0 Å². The second-order valence-corrected chi connectivity index (χ2v) is 5.35. The fourth-order valence-corrected chi connectivity index (χ4v) is 3.34. The summed E-state index contributed by atoms with van der Waals surface area (Å²) in [6, 6.07) is 7.23. The van der Waals surface area contributed by atoms with Crippen molar-refractivity contribution < 1.29 is 13.9 Å². The van der Waals surface area contributed by atoms with Gasteiger partial charge in [0.15, 0.2) is 0 Å². The SMILES string of the molecule is CO[C@H]1[C@H]2CC[C@H]1OCCN2Cc1cccc(F)c1. The van der Waals surface area contributed by atoms with Crippen molar-refractivity contribution in [2.24, 2.45) is 0 Å². The molecule has 1 aromatic carbocycles. The number of hydrogen-bond acceptors (Lipinski definition) is 3. The summed E-state index contributed by atoms with van der Waals surface area (Å²) in [4.78, 5) is 2.37. The fraction of sp³-hybridized carbons (Fsp3) is 0.600. The van der Waals surface area contributed by atoms with Gasteiger partial charge in [0.25, 0.3) is 0 Å². The first-order valence-corrected chi connectivity index (χ1v) is 6.91. The Balaban J connectivity index is 1.76. The van der Waals surface area contributed by atoms with E-state index in [0.717, 1.165) is 38.1 Å². The first-order valence-electron chi connectivity index (χ1n) is 6.91. The minimum absolute atomic E-state index is 0.149. The molecule has 0 unspecified atom stereocenters. The van der Waals surface area contributed by atoms with Crippen LogP contribution in [-0.2, 0) is 16.0 Å². The van der Waals surface area contributed by atoms with Gasteiger partial charge in [0.1, 0.15) is 5.82 Å². The number of benzene rings is 1. The van der Waals surface area contributed by atoms with Crippen molar-refractivity contribution in [3.63, 3.8) is 0 Å². The molecule has 4 heteroatoms. The van der Waals surface area contributed by atoms with Gasteiger partial charge in [-0.3, -0.25) is 4.90 Å². The first kappa shape index (κ1) is 13.0. The third-order valence-corrected chi connectivity index (χ3v) is 4.22. The molecule has 1 saturated heterocycles. The van der Waals surface area contributed by atoms with Gasteiger partial charge in [-0.25, -0.2) is 4.39 Å². The summed E-state index contributed by atoms with van der Waals surface area (Å²) in [5.41, 5.74) is 1.01. The van der Waals surface area contributed by atoms with Crippen molar-refractivity contribution in [2.45, 2.75) is 37.6 Å². The van der Waals surface area contributed by atoms with Gasteiger partial charge in [-0.1, -0.05) is 12.1 Å². The van der Waals surface area contributed by atoms with E-state index in [-0.39, 0.29) is 18.0 Å². The van der Waals surface area contributed by atoms with E-state index in [0.29, 0.717) is 6.04 Å². The zero-order valence-electron chi connectivity index (χ0n) is 11.2. The van der Waals surface area contributed by atoms with Crippen LogP contribution in [0.25, 0.3) is 0 Å². The van der Waals surface area contributed by atoms with Gasteiger partial charge >= 0.3 is 0 Å². The van der Waals surface area contributed by atoms with E-state index in [2.05, 4.69) is 4.90 Å². The van der Waals surface area contributed by atoms with Gasteiger partial charge < -0.3 is 9.47 Å². The van der Waals surface area contributed by atoms with Gasteiger partial charge in [-0.15, -0.1) is 0 Å². The fourth-order valence-electron chi connectivity index (χ4n) is 3.34. The highest BCUT2D eigenvalue weighted by atomic mass is 19.1. The molecule has 2 bridgehead atoms. The monoisotopic (exact) mass is 265 g/mol. The minimum Gasteiger partial charge on any atom is -0.377 e. The molecule has 1 aliphatic heterocycles. The Hall–Kier alpha value is -0.970. The van der Waals surface area contributed by atoms with E-state index in [9.17, 15) is 4.39 Å². The lowest BCUT2D eigenvalue weighted by atomic mass is 10.1. The number of rotatable bonds is 3. The van der Waals surface area contributed by atoms with Gasteiger partial charge in [0.2, 0.25) is 0 Å². The Bertz CT molecular complexity index is 440. The summed E-state index contributed by atoms with van der Waals surface area (Å²) in [5.74, 6) is -0.170. The number of ether oxygens (including phenoxy) is 2. The van der Waals surface area contributed by atoms with Crippen molar-refractivity contribution in [2.75, 3.05) is 20.3 Å². The van der Waals surface area contributed by atoms with E-state index in [1.54, 1.807) is 19.2 Å². The molecule has 1 aliphatic carbocycles. The van der Waals surface area contributed by atoms with E-state index >= 15 is 0 Å². The van der Waals surface area contributed by atoms with E-state index in [1.165, 1.54) is 6.07 Å². The average Bonchev–Trinajstić information content (AvgIpc) is 2.71. The molecule has 0 spiro atoms. The van der Waals surface area contributed by atoms with Crippen molar-refractivity contribution in [1.29, 1.82) is 0 Å². The Morgan fingerprint density at radius 3 is 3.11 bits per heavy atom. The van der Waals surface area contributed by atoms with Crippen molar-refractivity contribution in [3.05, 3.63) is 35.6 Å². The molecule has 3 nitrogen and oxygen atoms in total. The molecule has 3 atom stereocenters. The normalized spacial score (nSPS) is 31.4. The second-order valence-electron chi connectivity index (χ2n) is 5.35. The highest BCUT2D eigenvalue weighted by Crippen LogP contribution is 2.32. The summed E-state index contributed by atoms with van der Waals surface area (Å²) >= 11 is 0. The average molecular weight is 265 g/mol. The summed E-state index contributed by atoms with van der Waals surface area (Å²) in [6.07, 6.45) is 2.53. The molecule has 0 amide bonds. The van der Waals surface area contributed by atoms with Gasteiger partial charge in [0.05, 0.1) is 18.8 Å². The predicted molar refractivity (Wildman–Crippen MR) is 70.4 cm³/mol. The third-order valence-electron chi connectivity index (χ3n) is 4.22. The Morgan fingerprint density at radius 1 is 1.42 bits per heavy atom. The summed E-state index contributed by atoms with van der Waals surface area (Å²) in [6.45, 7) is 2.38. The Morgan fingerprint density at radius 2 is 2.32 bits per heavy atom. The number of hydrogen-bond donors (Lipinski definition) is 0. The number of methoxy groups -OCH3 is 1.